The van der Waals surface area contributed by atoms with Crippen molar-refractivity contribution in [3.63, 3.8) is 0 Å². The van der Waals surface area contributed by atoms with Crippen molar-refractivity contribution >= 4 is 19.0 Å². The number of nitrogens with zero attached hydrogens (tertiary/aromatic N) is 1. The van der Waals surface area contributed by atoms with Crippen molar-refractivity contribution in [1.29, 1.82) is 0 Å². The lowest BCUT2D eigenvalue weighted by Gasteiger charge is -2.00. The maximum atomic E-state index is 10.4. The van der Waals surface area contributed by atoms with Crippen molar-refractivity contribution in [3.8, 4) is 5.75 Å². The second kappa shape index (κ2) is 3.25. The van der Waals surface area contributed by atoms with Crippen molar-refractivity contribution in [1.82, 2.24) is 0 Å². The molecule has 0 fully saturated rings. The van der Waals surface area contributed by atoms with E-state index in [0.29, 0.717) is 5.75 Å². The molecule has 0 aliphatic heterocycles. The zero-order valence-corrected chi connectivity index (χ0v) is 6.48. The van der Waals surface area contributed by atoms with Gasteiger partial charge in [0.05, 0.1) is 18.1 Å². The fraction of sp³-hybridized carbons (Fsp3) is 0.143. The number of nitro benzene ring substituents is 1. The Bertz CT molecular complexity index is 314. The summed E-state index contributed by atoms with van der Waals surface area (Å²) in [7, 11) is 6.79. The summed E-state index contributed by atoms with van der Waals surface area (Å²) in [5.41, 5.74) is 0.00940. The van der Waals surface area contributed by atoms with Gasteiger partial charge in [0.1, 0.15) is 13.6 Å². The Morgan fingerprint density at radius 1 is 1.58 bits per heavy atom. The molecule has 0 aliphatic rings. The van der Waals surface area contributed by atoms with E-state index in [4.69, 9.17) is 12.6 Å². The lowest BCUT2D eigenvalue weighted by molar-refractivity contribution is -0.383. The average Bonchev–Trinajstić information content (AvgIpc) is 2.05. The lowest BCUT2D eigenvalue weighted by atomic mass is 9.94. The zero-order valence-electron chi connectivity index (χ0n) is 6.48. The molecule has 0 spiro atoms. The lowest BCUT2D eigenvalue weighted by Crippen LogP contribution is -2.08. The second-order valence-corrected chi connectivity index (χ2v) is 2.18. The van der Waals surface area contributed by atoms with E-state index in [9.17, 15) is 10.1 Å². The highest BCUT2D eigenvalue weighted by atomic mass is 16.6. The quantitative estimate of drug-likeness (QED) is 0.360. The van der Waals surface area contributed by atoms with Gasteiger partial charge in [0.2, 0.25) is 0 Å². The van der Waals surface area contributed by atoms with Gasteiger partial charge in [-0.25, -0.2) is 0 Å². The fourth-order valence-corrected chi connectivity index (χ4v) is 0.809. The van der Waals surface area contributed by atoms with Crippen LogP contribution < -0.4 is 10.2 Å². The summed E-state index contributed by atoms with van der Waals surface area (Å²) in [4.78, 5) is 9.82. The number of methoxy groups -OCH3 is 1. The first-order chi connectivity index (χ1) is 5.65. The van der Waals surface area contributed by atoms with Crippen LogP contribution in [-0.2, 0) is 0 Å². The molecule has 0 saturated carbocycles. The molecule has 1 aromatic carbocycles. The summed E-state index contributed by atoms with van der Waals surface area (Å²) in [5.74, 6) is 0.427. The van der Waals surface area contributed by atoms with E-state index in [1.165, 1.54) is 19.2 Å². The van der Waals surface area contributed by atoms with Gasteiger partial charge in [-0.3, -0.25) is 10.1 Å². The summed E-state index contributed by atoms with van der Waals surface area (Å²) in [6.45, 7) is 0. The van der Waals surface area contributed by atoms with Crippen LogP contribution >= 0.6 is 0 Å². The Hall–Kier alpha value is -1.52. The molecular formula is C7H6BNO3. The monoisotopic (exact) mass is 163 g/mol. The molecular weight excluding hydrogens is 157 g/mol. The highest BCUT2D eigenvalue weighted by Crippen LogP contribution is 2.15. The Balaban J connectivity index is 3.17. The molecule has 1 aromatic rings. The first-order valence-corrected chi connectivity index (χ1v) is 3.23. The number of ether oxygens (including phenoxy) is 1. The minimum Gasteiger partial charge on any atom is -0.497 e. The maximum Gasteiger partial charge on any atom is 0.266 e. The molecule has 0 aromatic heterocycles. The van der Waals surface area contributed by atoms with Crippen LogP contribution in [-0.4, -0.2) is 19.9 Å². The van der Waals surface area contributed by atoms with Crippen LogP contribution in [0.3, 0.4) is 0 Å². The van der Waals surface area contributed by atoms with Crippen LogP contribution in [0.25, 0.3) is 0 Å². The molecule has 5 heteroatoms. The molecule has 12 heavy (non-hydrogen) atoms. The van der Waals surface area contributed by atoms with E-state index in [1.807, 2.05) is 0 Å². The van der Waals surface area contributed by atoms with Gasteiger partial charge in [-0.2, -0.15) is 0 Å². The molecule has 60 valence electrons. The van der Waals surface area contributed by atoms with E-state index in [2.05, 4.69) is 0 Å². The molecule has 0 amide bonds. The Labute approximate surface area is 70.7 Å². The SMILES string of the molecule is [B]c1ccc(OC)cc1[N+](=O)[O-]. The number of nitro groups is 1. The van der Waals surface area contributed by atoms with Gasteiger partial charge in [0, 0.05) is 0 Å². The van der Waals surface area contributed by atoms with Crippen LogP contribution in [0.1, 0.15) is 0 Å². The van der Waals surface area contributed by atoms with Gasteiger partial charge in [0.25, 0.3) is 5.69 Å². The molecule has 0 heterocycles. The van der Waals surface area contributed by atoms with Crippen LogP contribution in [0.15, 0.2) is 18.2 Å². The topological polar surface area (TPSA) is 52.4 Å². The molecule has 0 saturated heterocycles. The third-order valence-corrected chi connectivity index (χ3v) is 1.43. The highest BCUT2D eigenvalue weighted by molar-refractivity contribution is 6.35. The number of rotatable bonds is 2. The van der Waals surface area contributed by atoms with Gasteiger partial charge >= 0.3 is 0 Å². The Kier molecular flexibility index (Phi) is 2.33. The predicted octanol–water partition coefficient (Wildman–Crippen LogP) is 0.397. The standard InChI is InChI=1S/C7H6BNO3/c1-12-5-2-3-6(8)7(4-5)9(10)11/h2-4H,1H3. The smallest absolute Gasteiger partial charge is 0.266 e. The summed E-state index contributed by atoms with van der Waals surface area (Å²) in [6, 6.07) is 4.30. The molecule has 0 unspecified atom stereocenters. The Morgan fingerprint density at radius 2 is 2.25 bits per heavy atom. The third kappa shape index (κ3) is 1.55. The molecule has 0 aliphatic carbocycles. The van der Waals surface area contributed by atoms with Crippen molar-refractivity contribution < 1.29 is 9.66 Å². The van der Waals surface area contributed by atoms with E-state index in [1.54, 1.807) is 6.07 Å². The number of hydrogen-bond acceptors (Lipinski definition) is 3. The fourth-order valence-electron chi connectivity index (χ4n) is 0.809. The molecule has 2 radical (unpaired) electrons. The molecule has 0 atom stereocenters. The van der Waals surface area contributed by atoms with E-state index < -0.39 is 4.92 Å². The maximum absolute atomic E-state index is 10.4. The van der Waals surface area contributed by atoms with Crippen LogP contribution in [0.2, 0.25) is 0 Å². The first-order valence-electron chi connectivity index (χ1n) is 3.23. The van der Waals surface area contributed by atoms with Crippen LogP contribution in [0.4, 0.5) is 5.69 Å². The van der Waals surface area contributed by atoms with Gasteiger partial charge in [-0.1, -0.05) is 6.07 Å². The van der Waals surface area contributed by atoms with Crippen molar-refractivity contribution in [2.24, 2.45) is 0 Å². The van der Waals surface area contributed by atoms with E-state index >= 15 is 0 Å². The highest BCUT2D eigenvalue weighted by Gasteiger charge is 2.09. The molecule has 0 N–H and O–H groups in total. The van der Waals surface area contributed by atoms with Gasteiger partial charge in [-0.05, 0) is 11.5 Å². The number of benzene rings is 1. The minimum atomic E-state index is -0.544. The summed E-state index contributed by atoms with van der Waals surface area (Å²) in [5, 5.41) is 10.4. The molecule has 4 nitrogen and oxygen atoms in total. The largest absolute Gasteiger partial charge is 0.497 e. The predicted molar refractivity (Wildman–Crippen MR) is 45.0 cm³/mol. The molecule has 0 bridgehead atoms. The minimum absolute atomic E-state index is 0.130. The summed E-state index contributed by atoms with van der Waals surface area (Å²) in [6.07, 6.45) is 0. The van der Waals surface area contributed by atoms with Crippen LogP contribution in [0.5, 0.6) is 5.75 Å². The first kappa shape index (κ1) is 8.58. The zero-order chi connectivity index (χ0) is 9.14. The summed E-state index contributed by atoms with van der Waals surface area (Å²) < 4.78 is 4.80. The second-order valence-electron chi connectivity index (χ2n) is 2.18. The van der Waals surface area contributed by atoms with Gasteiger partial charge < -0.3 is 4.74 Å². The van der Waals surface area contributed by atoms with E-state index in [-0.39, 0.29) is 11.2 Å². The third-order valence-electron chi connectivity index (χ3n) is 1.43. The van der Waals surface area contributed by atoms with Gasteiger partial charge in [-0.15, -0.1) is 0 Å². The van der Waals surface area contributed by atoms with Crippen molar-refractivity contribution in [2.45, 2.75) is 0 Å². The average molecular weight is 163 g/mol. The van der Waals surface area contributed by atoms with Crippen molar-refractivity contribution in [2.75, 3.05) is 7.11 Å². The van der Waals surface area contributed by atoms with Crippen LogP contribution in [0, 0.1) is 10.1 Å². The van der Waals surface area contributed by atoms with Gasteiger partial charge in [0.15, 0.2) is 0 Å². The Morgan fingerprint density at radius 3 is 2.75 bits per heavy atom. The van der Waals surface area contributed by atoms with Crippen molar-refractivity contribution in [3.05, 3.63) is 28.3 Å². The normalized spacial score (nSPS) is 9.42. The number of hydrogen-bond donors (Lipinski definition) is 0. The summed E-state index contributed by atoms with van der Waals surface area (Å²) >= 11 is 0. The van der Waals surface area contributed by atoms with E-state index in [0.717, 1.165) is 0 Å². The molecule has 1 rings (SSSR count).